The summed E-state index contributed by atoms with van der Waals surface area (Å²) in [6.45, 7) is 6.83. The summed E-state index contributed by atoms with van der Waals surface area (Å²) in [5, 5.41) is 7.29. The summed E-state index contributed by atoms with van der Waals surface area (Å²) in [7, 11) is 0. The van der Waals surface area contributed by atoms with Crippen LogP contribution < -0.4 is 5.32 Å². The lowest BCUT2D eigenvalue weighted by atomic mass is 10.1. The first-order valence-corrected chi connectivity index (χ1v) is 5.44. The molecule has 5 heteroatoms. The topological polar surface area (TPSA) is 56.1 Å². The Morgan fingerprint density at radius 2 is 2.38 bits per heavy atom. The van der Waals surface area contributed by atoms with Gasteiger partial charge >= 0.3 is 5.97 Å². The fraction of sp³-hybridized carbons (Fsp3) is 0.636. The predicted molar refractivity (Wildman–Crippen MR) is 60.1 cm³/mol. The van der Waals surface area contributed by atoms with E-state index in [4.69, 9.17) is 4.74 Å². The van der Waals surface area contributed by atoms with Crippen LogP contribution in [0.2, 0.25) is 0 Å². The summed E-state index contributed by atoms with van der Waals surface area (Å²) < 4.78 is 7.14. The third-order valence-electron chi connectivity index (χ3n) is 2.38. The molecule has 2 heterocycles. The second-order valence-corrected chi connectivity index (χ2v) is 5.01. The second kappa shape index (κ2) is 3.81. The van der Waals surface area contributed by atoms with Crippen molar-refractivity contribution >= 4 is 11.8 Å². The van der Waals surface area contributed by atoms with Crippen LogP contribution in [0, 0.1) is 5.92 Å². The summed E-state index contributed by atoms with van der Waals surface area (Å²) in [5.74, 6) is 0.632. The van der Waals surface area contributed by atoms with Gasteiger partial charge in [0.05, 0.1) is 18.7 Å². The largest absolute Gasteiger partial charge is 0.460 e. The molecular weight excluding hydrogens is 206 g/mol. The Labute approximate surface area is 94.8 Å². The number of carbonyl (C=O) groups excluding carboxylic acids is 1. The monoisotopic (exact) mass is 223 g/mol. The molecule has 0 aromatic carbocycles. The van der Waals surface area contributed by atoms with E-state index in [2.05, 4.69) is 10.4 Å². The van der Waals surface area contributed by atoms with E-state index in [1.54, 1.807) is 10.9 Å². The molecule has 0 fully saturated rings. The van der Waals surface area contributed by atoms with Crippen molar-refractivity contribution in [2.75, 3.05) is 11.9 Å². The zero-order valence-electron chi connectivity index (χ0n) is 9.86. The van der Waals surface area contributed by atoms with Gasteiger partial charge in [0.2, 0.25) is 0 Å². The molecule has 1 unspecified atom stereocenters. The summed E-state index contributed by atoms with van der Waals surface area (Å²) >= 11 is 0. The van der Waals surface area contributed by atoms with Crippen LogP contribution in [0.25, 0.3) is 0 Å². The molecule has 1 atom stereocenters. The quantitative estimate of drug-likeness (QED) is 0.728. The lowest BCUT2D eigenvalue weighted by molar-refractivity contribution is -0.160. The molecule has 0 radical (unpaired) electrons. The number of anilines is 1. The Hall–Kier alpha value is -1.52. The van der Waals surface area contributed by atoms with Gasteiger partial charge in [-0.2, -0.15) is 5.10 Å². The fourth-order valence-corrected chi connectivity index (χ4v) is 1.67. The summed E-state index contributed by atoms with van der Waals surface area (Å²) in [6, 6.07) is 1.89. The fourth-order valence-electron chi connectivity index (χ4n) is 1.67. The molecule has 0 spiro atoms. The van der Waals surface area contributed by atoms with Gasteiger partial charge in [-0.15, -0.1) is 0 Å². The average molecular weight is 223 g/mol. The molecule has 1 aromatic heterocycles. The highest BCUT2D eigenvalue weighted by Crippen LogP contribution is 2.19. The van der Waals surface area contributed by atoms with E-state index in [1.807, 2.05) is 26.8 Å². The lowest BCUT2D eigenvalue weighted by Crippen LogP contribution is -2.37. The van der Waals surface area contributed by atoms with Gasteiger partial charge < -0.3 is 10.1 Å². The molecule has 88 valence electrons. The third kappa shape index (κ3) is 2.35. The van der Waals surface area contributed by atoms with E-state index >= 15 is 0 Å². The van der Waals surface area contributed by atoms with Crippen molar-refractivity contribution in [1.29, 1.82) is 0 Å². The number of rotatable bonds is 1. The molecule has 5 nitrogen and oxygen atoms in total. The molecule has 0 saturated carbocycles. The van der Waals surface area contributed by atoms with Crippen LogP contribution in [0.5, 0.6) is 0 Å². The standard InChI is InChI=1S/C11H17N3O2/c1-11(2,3)16-10(15)8-6-12-9-4-5-13-14(9)7-8/h4-5,8,12H,6-7H2,1-3H3. The van der Waals surface area contributed by atoms with Crippen molar-refractivity contribution < 1.29 is 9.53 Å². The Kier molecular flexibility index (Phi) is 2.61. The van der Waals surface area contributed by atoms with Crippen LogP contribution in [0.4, 0.5) is 5.82 Å². The van der Waals surface area contributed by atoms with E-state index in [1.165, 1.54) is 0 Å². The highest BCUT2D eigenvalue weighted by Gasteiger charge is 2.28. The molecule has 1 aliphatic rings. The molecule has 0 bridgehead atoms. The number of nitrogens with one attached hydrogen (secondary N) is 1. The summed E-state index contributed by atoms with van der Waals surface area (Å²) in [4.78, 5) is 11.8. The van der Waals surface area contributed by atoms with E-state index in [0.717, 1.165) is 5.82 Å². The van der Waals surface area contributed by atoms with Crippen molar-refractivity contribution in [2.24, 2.45) is 5.92 Å². The number of fused-ring (bicyclic) bond motifs is 1. The first-order valence-electron chi connectivity index (χ1n) is 5.44. The Balaban J connectivity index is 2.01. The minimum Gasteiger partial charge on any atom is -0.460 e. The average Bonchev–Trinajstić information content (AvgIpc) is 2.61. The maximum absolute atomic E-state index is 11.8. The van der Waals surface area contributed by atoms with E-state index in [0.29, 0.717) is 13.1 Å². The first kappa shape index (κ1) is 11.0. The number of ether oxygens (including phenoxy) is 1. The third-order valence-corrected chi connectivity index (χ3v) is 2.38. The van der Waals surface area contributed by atoms with Crippen LogP contribution in [0.3, 0.4) is 0 Å². The van der Waals surface area contributed by atoms with Gasteiger partial charge in [-0.1, -0.05) is 0 Å². The number of hydrogen-bond acceptors (Lipinski definition) is 4. The van der Waals surface area contributed by atoms with Crippen LogP contribution in [-0.2, 0) is 16.1 Å². The number of hydrogen-bond donors (Lipinski definition) is 1. The van der Waals surface area contributed by atoms with Crippen molar-refractivity contribution in [3.05, 3.63) is 12.3 Å². The van der Waals surface area contributed by atoms with Crippen molar-refractivity contribution in [3.8, 4) is 0 Å². The smallest absolute Gasteiger partial charge is 0.313 e. The Morgan fingerprint density at radius 1 is 1.62 bits per heavy atom. The van der Waals surface area contributed by atoms with Gasteiger partial charge in [0.1, 0.15) is 11.4 Å². The SMILES string of the molecule is CC(C)(C)OC(=O)C1CNc2ccnn2C1. The Morgan fingerprint density at radius 3 is 3.06 bits per heavy atom. The minimum atomic E-state index is -0.429. The summed E-state index contributed by atoms with van der Waals surface area (Å²) in [5.41, 5.74) is -0.429. The molecule has 1 N–H and O–H groups in total. The normalized spacial score (nSPS) is 19.8. The van der Waals surface area contributed by atoms with Crippen molar-refractivity contribution in [3.63, 3.8) is 0 Å². The van der Waals surface area contributed by atoms with Crippen LogP contribution in [0.1, 0.15) is 20.8 Å². The lowest BCUT2D eigenvalue weighted by Gasteiger charge is -2.27. The van der Waals surface area contributed by atoms with Gasteiger partial charge in [-0.3, -0.25) is 4.79 Å². The zero-order chi connectivity index (χ0) is 11.8. The van der Waals surface area contributed by atoms with Crippen molar-refractivity contribution in [2.45, 2.75) is 32.9 Å². The van der Waals surface area contributed by atoms with Crippen molar-refractivity contribution in [1.82, 2.24) is 9.78 Å². The number of carbonyl (C=O) groups is 1. The zero-order valence-corrected chi connectivity index (χ0v) is 9.86. The first-order chi connectivity index (χ1) is 7.46. The molecule has 1 aromatic rings. The maximum atomic E-state index is 11.8. The predicted octanol–water partition coefficient (Wildman–Crippen LogP) is 1.27. The number of esters is 1. The number of aromatic nitrogens is 2. The minimum absolute atomic E-state index is 0.161. The van der Waals surface area contributed by atoms with Crippen LogP contribution in [-0.4, -0.2) is 27.9 Å². The molecule has 0 saturated heterocycles. The highest BCUT2D eigenvalue weighted by atomic mass is 16.6. The molecule has 0 amide bonds. The van der Waals surface area contributed by atoms with Crippen LogP contribution in [0.15, 0.2) is 12.3 Å². The number of nitrogens with zero attached hydrogens (tertiary/aromatic N) is 2. The molecule has 0 aliphatic carbocycles. The van der Waals surface area contributed by atoms with E-state index < -0.39 is 5.60 Å². The van der Waals surface area contributed by atoms with Gasteiger partial charge in [-0.25, -0.2) is 4.68 Å². The molecule has 2 rings (SSSR count). The second-order valence-electron chi connectivity index (χ2n) is 5.01. The van der Waals surface area contributed by atoms with Gasteiger partial charge in [-0.05, 0) is 20.8 Å². The molecule has 1 aliphatic heterocycles. The van der Waals surface area contributed by atoms with Gasteiger partial charge in [0, 0.05) is 12.6 Å². The highest BCUT2D eigenvalue weighted by molar-refractivity contribution is 5.74. The molecular formula is C11H17N3O2. The summed E-state index contributed by atoms with van der Waals surface area (Å²) in [6.07, 6.45) is 1.72. The maximum Gasteiger partial charge on any atom is 0.313 e. The van der Waals surface area contributed by atoms with Gasteiger partial charge in [0.25, 0.3) is 0 Å². The van der Waals surface area contributed by atoms with E-state index in [9.17, 15) is 4.79 Å². The van der Waals surface area contributed by atoms with Gasteiger partial charge in [0.15, 0.2) is 0 Å². The van der Waals surface area contributed by atoms with Crippen LogP contribution >= 0.6 is 0 Å². The molecule has 16 heavy (non-hydrogen) atoms. The van der Waals surface area contributed by atoms with E-state index in [-0.39, 0.29) is 11.9 Å². The Bertz CT molecular complexity index is 392.